The molecule has 0 spiro atoms. The number of benzene rings is 1. The van der Waals surface area contributed by atoms with E-state index in [0.29, 0.717) is 38.5 Å². The van der Waals surface area contributed by atoms with Crippen LogP contribution in [0.5, 0.6) is 11.5 Å². The number of hydrogen-bond donors (Lipinski definition) is 0. The SMILES string of the molecule is O=C(c1ccnc(CCC2COc3ccccc3O2)c1)N1CCOCC1. The second-order valence-electron chi connectivity index (χ2n) is 6.48. The summed E-state index contributed by atoms with van der Waals surface area (Å²) in [7, 11) is 0. The van der Waals surface area contributed by atoms with Crippen molar-refractivity contribution in [1.82, 2.24) is 9.88 Å². The van der Waals surface area contributed by atoms with Gasteiger partial charge in [-0.15, -0.1) is 0 Å². The average Bonchev–Trinajstić information content (AvgIpc) is 2.72. The fourth-order valence-electron chi connectivity index (χ4n) is 3.21. The van der Waals surface area contributed by atoms with Crippen molar-refractivity contribution in [2.45, 2.75) is 18.9 Å². The molecule has 6 heteroatoms. The van der Waals surface area contributed by atoms with E-state index >= 15 is 0 Å². The van der Waals surface area contributed by atoms with E-state index in [4.69, 9.17) is 14.2 Å². The number of carbonyl (C=O) groups is 1. The summed E-state index contributed by atoms with van der Waals surface area (Å²) >= 11 is 0. The fourth-order valence-corrected chi connectivity index (χ4v) is 3.21. The maximum Gasteiger partial charge on any atom is 0.254 e. The van der Waals surface area contributed by atoms with E-state index in [1.807, 2.05) is 35.2 Å². The number of hydrogen-bond acceptors (Lipinski definition) is 5. The standard InChI is InChI=1S/C20H22N2O4/c23-20(22-9-11-24-12-10-22)15-7-8-21-16(13-15)5-6-17-14-25-18-3-1-2-4-19(18)26-17/h1-4,7-8,13,17H,5-6,9-12,14H2. The molecule has 1 atom stereocenters. The van der Waals surface area contributed by atoms with Crippen LogP contribution in [-0.2, 0) is 11.2 Å². The Bertz CT molecular complexity index is 774. The van der Waals surface area contributed by atoms with Crippen molar-refractivity contribution in [3.05, 3.63) is 53.9 Å². The fraction of sp³-hybridized carbons (Fsp3) is 0.400. The van der Waals surface area contributed by atoms with Gasteiger partial charge in [0.1, 0.15) is 12.7 Å². The Hall–Kier alpha value is -2.60. The lowest BCUT2D eigenvalue weighted by Crippen LogP contribution is -2.40. The lowest BCUT2D eigenvalue weighted by atomic mass is 10.1. The van der Waals surface area contributed by atoms with E-state index in [0.717, 1.165) is 30.0 Å². The Balaban J connectivity index is 1.36. The maximum atomic E-state index is 12.6. The molecule has 1 amide bonds. The van der Waals surface area contributed by atoms with Gasteiger partial charge in [0, 0.05) is 30.5 Å². The van der Waals surface area contributed by atoms with E-state index in [-0.39, 0.29) is 12.0 Å². The number of aromatic nitrogens is 1. The van der Waals surface area contributed by atoms with Crippen molar-refractivity contribution in [3.8, 4) is 11.5 Å². The smallest absolute Gasteiger partial charge is 0.254 e. The topological polar surface area (TPSA) is 60.9 Å². The summed E-state index contributed by atoms with van der Waals surface area (Å²) in [5.74, 6) is 1.62. The lowest BCUT2D eigenvalue weighted by molar-refractivity contribution is 0.0302. The Morgan fingerprint density at radius 2 is 1.96 bits per heavy atom. The van der Waals surface area contributed by atoms with Gasteiger partial charge >= 0.3 is 0 Å². The first kappa shape index (κ1) is 16.8. The van der Waals surface area contributed by atoms with Crippen LogP contribution in [0.2, 0.25) is 0 Å². The number of morpholine rings is 1. The molecule has 6 nitrogen and oxygen atoms in total. The Labute approximate surface area is 152 Å². The van der Waals surface area contributed by atoms with Crippen LogP contribution >= 0.6 is 0 Å². The van der Waals surface area contributed by atoms with Crippen LogP contribution in [-0.4, -0.2) is 54.8 Å². The van der Waals surface area contributed by atoms with Crippen molar-refractivity contribution in [2.24, 2.45) is 0 Å². The molecule has 1 unspecified atom stereocenters. The number of rotatable bonds is 4. The summed E-state index contributed by atoms with van der Waals surface area (Å²) in [6, 6.07) is 11.4. The lowest BCUT2D eigenvalue weighted by Gasteiger charge is -2.27. The monoisotopic (exact) mass is 354 g/mol. The first-order chi connectivity index (χ1) is 12.8. The summed E-state index contributed by atoms with van der Waals surface area (Å²) in [4.78, 5) is 18.8. The molecule has 1 aromatic carbocycles. The zero-order valence-corrected chi connectivity index (χ0v) is 14.6. The number of amides is 1. The first-order valence-electron chi connectivity index (χ1n) is 9.00. The molecule has 0 radical (unpaired) electrons. The number of nitrogens with zero attached hydrogens (tertiary/aromatic N) is 2. The van der Waals surface area contributed by atoms with Gasteiger partial charge in [-0.25, -0.2) is 0 Å². The highest BCUT2D eigenvalue weighted by atomic mass is 16.6. The normalized spacial score (nSPS) is 19.2. The molecule has 26 heavy (non-hydrogen) atoms. The molecule has 2 aromatic rings. The molecule has 1 saturated heterocycles. The molecule has 0 N–H and O–H groups in total. The van der Waals surface area contributed by atoms with Crippen LogP contribution in [0.3, 0.4) is 0 Å². The third-order valence-corrected chi connectivity index (χ3v) is 4.65. The zero-order chi connectivity index (χ0) is 17.8. The summed E-state index contributed by atoms with van der Waals surface area (Å²) in [6.45, 7) is 3.02. The predicted octanol–water partition coefficient (Wildman–Crippen LogP) is 2.33. The molecule has 2 aliphatic rings. The number of carbonyl (C=O) groups excluding carboxylic acids is 1. The van der Waals surface area contributed by atoms with Crippen molar-refractivity contribution in [3.63, 3.8) is 0 Å². The van der Waals surface area contributed by atoms with Crippen molar-refractivity contribution >= 4 is 5.91 Å². The quantitative estimate of drug-likeness (QED) is 0.843. The molecule has 0 saturated carbocycles. The van der Waals surface area contributed by atoms with Crippen molar-refractivity contribution in [1.29, 1.82) is 0 Å². The molecule has 2 aliphatic heterocycles. The van der Waals surface area contributed by atoms with Gasteiger partial charge in [0.25, 0.3) is 5.91 Å². The Kier molecular flexibility index (Phi) is 5.02. The highest BCUT2D eigenvalue weighted by molar-refractivity contribution is 5.94. The van der Waals surface area contributed by atoms with E-state index in [1.54, 1.807) is 12.3 Å². The summed E-state index contributed by atoms with van der Waals surface area (Å²) in [5, 5.41) is 0. The molecule has 0 aliphatic carbocycles. The third kappa shape index (κ3) is 3.80. The molecular formula is C20H22N2O4. The Morgan fingerprint density at radius 3 is 2.81 bits per heavy atom. The van der Waals surface area contributed by atoms with Gasteiger partial charge < -0.3 is 19.1 Å². The van der Waals surface area contributed by atoms with Gasteiger partial charge in [0.15, 0.2) is 11.5 Å². The number of para-hydroxylation sites is 2. The number of pyridine rings is 1. The maximum absolute atomic E-state index is 12.6. The Morgan fingerprint density at radius 1 is 1.15 bits per heavy atom. The zero-order valence-electron chi connectivity index (χ0n) is 14.6. The van der Waals surface area contributed by atoms with Crippen LogP contribution < -0.4 is 9.47 Å². The number of ether oxygens (including phenoxy) is 3. The second kappa shape index (κ2) is 7.74. The van der Waals surface area contributed by atoms with Crippen LogP contribution in [0.4, 0.5) is 0 Å². The molecule has 1 aromatic heterocycles. The average molecular weight is 354 g/mol. The molecular weight excluding hydrogens is 332 g/mol. The van der Waals surface area contributed by atoms with E-state index in [1.165, 1.54) is 0 Å². The molecule has 0 bridgehead atoms. The van der Waals surface area contributed by atoms with Gasteiger partial charge in [-0.05, 0) is 37.1 Å². The van der Waals surface area contributed by atoms with E-state index in [9.17, 15) is 4.79 Å². The van der Waals surface area contributed by atoms with Crippen LogP contribution in [0.25, 0.3) is 0 Å². The minimum atomic E-state index is -0.00898. The largest absolute Gasteiger partial charge is 0.486 e. The molecule has 4 rings (SSSR count). The van der Waals surface area contributed by atoms with Gasteiger partial charge in [-0.2, -0.15) is 0 Å². The van der Waals surface area contributed by atoms with E-state index < -0.39 is 0 Å². The minimum Gasteiger partial charge on any atom is -0.486 e. The van der Waals surface area contributed by atoms with Crippen molar-refractivity contribution in [2.75, 3.05) is 32.9 Å². The van der Waals surface area contributed by atoms with Gasteiger partial charge in [-0.3, -0.25) is 9.78 Å². The first-order valence-corrected chi connectivity index (χ1v) is 9.00. The number of aryl methyl sites for hydroxylation is 1. The van der Waals surface area contributed by atoms with Gasteiger partial charge in [0.05, 0.1) is 13.2 Å². The predicted molar refractivity (Wildman–Crippen MR) is 95.6 cm³/mol. The highest BCUT2D eigenvalue weighted by Gasteiger charge is 2.22. The molecule has 136 valence electrons. The highest BCUT2D eigenvalue weighted by Crippen LogP contribution is 2.31. The molecule has 1 fully saturated rings. The summed E-state index contributed by atoms with van der Waals surface area (Å²) in [6.07, 6.45) is 3.22. The van der Waals surface area contributed by atoms with Gasteiger partial charge in [-0.1, -0.05) is 12.1 Å². The second-order valence-corrected chi connectivity index (χ2v) is 6.48. The van der Waals surface area contributed by atoms with Crippen molar-refractivity contribution < 1.29 is 19.0 Å². The van der Waals surface area contributed by atoms with Crippen LogP contribution in [0.15, 0.2) is 42.6 Å². The summed E-state index contributed by atoms with van der Waals surface area (Å²) in [5.41, 5.74) is 1.58. The van der Waals surface area contributed by atoms with Gasteiger partial charge in [0.2, 0.25) is 0 Å². The molecule has 3 heterocycles. The van der Waals surface area contributed by atoms with Crippen LogP contribution in [0.1, 0.15) is 22.5 Å². The third-order valence-electron chi connectivity index (χ3n) is 4.65. The summed E-state index contributed by atoms with van der Waals surface area (Å²) < 4.78 is 17.0. The van der Waals surface area contributed by atoms with Crippen LogP contribution in [0, 0.1) is 0 Å². The number of fused-ring (bicyclic) bond motifs is 1. The van der Waals surface area contributed by atoms with E-state index in [2.05, 4.69) is 4.98 Å². The minimum absolute atomic E-state index is 0.00898.